The normalized spacial score (nSPS) is 16.6. The minimum Gasteiger partial charge on any atom is -0.493 e. The van der Waals surface area contributed by atoms with Gasteiger partial charge in [0.25, 0.3) is 5.91 Å². The number of methoxy groups -OCH3 is 1. The van der Waals surface area contributed by atoms with Crippen LogP contribution in [-0.4, -0.2) is 23.4 Å². The van der Waals surface area contributed by atoms with Gasteiger partial charge in [-0.1, -0.05) is 52.9 Å². The van der Waals surface area contributed by atoms with E-state index in [9.17, 15) is 4.79 Å². The van der Waals surface area contributed by atoms with Crippen molar-refractivity contribution in [3.8, 4) is 11.5 Å². The highest BCUT2D eigenvalue weighted by Crippen LogP contribution is 2.37. The van der Waals surface area contributed by atoms with E-state index in [1.54, 1.807) is 12.0 Å². The second-order valence-corrected chi connectivity index (χ2v) is 8.83. The lowest BCUT2D eigenvalue weighted by Gasteiger charge is -2.16. The lowest BCUT2D eigenvalue weighted by Crippen LogP contribution is -2.27. The molecule has 0 aromatic heterocycles. The van der Waals surface area contributed by atoms with Gasteiger partial charge in [-0.25, -0.2) is 0 Å². The van der Waals surface area contributed by atoms with Crippen molar-refractivity contribution < 1.29 is 14.3 Å². The quantitative estimate of drug-likeness (QED) is 0.374. The van der Waals surface area contributed by atoms with Crippen LogP contribution in [0.15, 0.2) is 51.8 Å². The third kappa shape index (κ3) is 4.59. The van der Waals surface area contributed by atoms with Crippen LogP contribution in [0.3, 0.4) is 0 Å². The zero-order valence-electron chi connectivity index (χ0n) is 15.8. The summed E-state index contributed by atoms with van der Waals surface area (Å²) < 4.78 is 12.8. The number of benzene rings is 2. The molecule has 0 spiro atoms. The first-order valence-corrected chi connectivity index (χ1v) is 10.8. The fourth-order valence-electron chi connectivity index (χ4n) is 2.60. The van der Waals surface area contributed by atoms with E-state index in [0.717, 1.165) is 22.1 Å². The predicted molar refractivity (Wildman–Crippen MR) is 123 cm³/mol. The van der Waals surface area contributed by atoms with Crippen molar-refractivity contribution in [3.05, 3.63) is 57.4 Å². The summed E-state index contributed by atoms with van der Waals surface area (Å²) in [5, 5.41) is 0. The number of amides is 1. The second-order valence-electron chi connectivity index (χ2n) is 6.24. The molecule has 4 nitrogen and oxygen atoms in total. The van der Waals surface area contributed by atoms with E-state index in [4.69, 9.17) is 21.7 Å². The lowest BCUT2D eigenvalue weighted by atomic mass is 10.1. The van der Waals surface area contributed by atoms with Gasteiger partial charge in [-0.2, -0.15) is 0 Å². The maximum absolute atomic E-state index is 12.9. The Hall–Kier alpha value is -1.83. The van der Waals surface area contributed by atoms with E-state index in [1.807, 2.05) is 55.5 Å². The fourth-order valence-corrected chi connectivity index (χ4v) is 4.17. The molecule has 28 heavy (non-hydrogen) atoms. The summed E-state index contributed by atoms with van der Waals surface area (Å²) in [5.41, 5.74) is 1.61. The van der Waals surface area contributed by atoms with Crippen LogP contribution in [-0.2, 0) is 4.79 Å². The molecule has 1 amide bonds. The lowest BCUT2D eigenvalue weighted by molar-refractivity contribution is -0.113. The highest BCUT2D eigenvalue weighted by molar-refractivity contribution is 9.10. The number of ether oxygens (including phenoxy) is 2. The standard InChI is InChI=1S/C21H20BrNO3S2/c1-4-13(2)26-17-10-5-14(11-18(17)25-3)12-19-20(24)23(21(27)28-19)16-8-6-15(22)7-9-16/h5-13H,4H2,1-3H3. The van der Waals surface area contributed by atoms with Crippen molar-refractivity contribution in [2.45, 2.75) is 26.4 Å². The Kier molecular flexibility index (Phi) is 6.80. The SMILES string of the molecule is CCC(C)Oc1ccc(C=C2SC(=S)N(c3ccc(Br)cc3)C2=O)cc1OC. The van der Waals surface area contributed by atoms with Crippen LogP contribution < -0.4 is 14.4 Å². The molecule has 3 rings (SSSR count). The second kappa shape index (κ2) is 9.11. The number of rotatable bonds is 6. The van der Waals surface area contributed by atoms with Crippen molar-refractivity contribution in [2.24, 2.45) is 0 Å². The van der Waals surface area contributed by atoms with E-state index in [1.165, 1.54) is 11.8 Å². The first-order valence-electron chi connectivity index (χ1n) is 8.81. The molecule has 1 aliphatic heterocycles. The Morgan fingerprint density at radius 1 is 1.21 bits per heavy atom. The van der Waals surface area contributed by atoms with Crippen LogP contribution >= 0.6 is 39.9 Å². The van der Waals surface area contributed by atoms with Crippen LogP contribution in [0.25, 0.3) is 6.08 Å². The van der Waals surface area contributed by atoms with E-state index in [0.29, 0.717) is 20.7 Å². The van der Waals surface area contributed by atoms with E-state index < -0.39 is 0 Å². The topological polar surface area (TPSA) is 38.8 Å². The van der Waals surface area contributed by atoms with Gasteiger partial charge in [-0.05, 0) is 61.4 Å². The van der Waals surface area contributed by atoms with Crippen LogP contribution in [0.5, 0.6) is 11.5 Å². The van der Waals surface area contributed by atoms with E-state index in [-0.39, 0.29) is 12.0 Å². The third-order valence-corrected chi connectivity index (χ3v) is 6.10. The zero-order valence-corrected chi connectivity index (χ0v) is 19.0. The van der Waals surface area contributed by atoms with E-state index >= 15 is 0 Å². The van der Waals surface area contributed by atoms with Gasteiger partial charge < -0.3 is 9.47 Å². The molecule has 0 bridgehead atoms. The van der Waals surface area contributed by atoms with Gasteiger partial charge in [-0.3, -0.25) is 9.69 Å². The highest BCUT2D eigenvalue weighted by Gasteiger charge is 2.33. The average Bonchev–Trinajstić information content (AvgIpc) is 2.96. The fraction of sp³-hybridized carbons (Fsp3) is 0.238. The molecule has 1 unspecified atom stereocenters. The molecule has 1 saturated heterocycles. The molecule has 1 heterocycles. The minimum atomic E-state index is -0.128. The molecule has 1 atom stereocenters. The Morgan fingerprint density at radius 3 is 2.57 bits per heavy atom. The van der Waals surface area contributed by atoms with Gasteiger partial charge in [0.05, 0.1) is 23.8 Å². The van der Waals surface area contributed by atoms with Gasteiger partial charge in [-0.15, -0.1) is 0 Å². The van der Waals surface area contributed by atoms with Gasteiger partial charge in [0, 0.05) is 4.47 Å². The molecule has 1 aliphatic rings. The molecular formula is C21H20BrNO3S2. The van der Waals surface area contributed by atoms with Gasteiger partial charge >= 0.3 is 0 Å². The maximum Gasteiger partial charge on any atom is 0.270 e. The number of carbonyl (C=O) groups is 1. The third-order valence-electron chi connectivity index (χ3n) is 4.27. The largest absolute Gasteiger partial charge is 0.493 e. The van der Waals surface area contributed by atoms with Crippen LogP contribution in [0, 0.1) is 0 Å². The van der Waals surface area contributed by atoms with Gasteiger partial charge in [0.15, 0.2) is 15.8 Å². The van der Waals surface area contributed by atoms with Crippen molar-refractivity contribution >= 4 is 61.9 Å². The summed E-state index contributed by atoms with van der Waals surface area (Å²) in [6.07, 6.45) is 2.83. The summed E-state index contributed by atoms with van der Waals surface area (Å²) in [5.74, 6) is 1.20. The van der Waals surface area contributed by atoms with Crippen LogP contribution in [0.1, 0.15) is 25.8 Å². The van der Waals surface area contributed by atoms with E-state index in [2.05, 4.69) is 22.9 Å². The predicted octanol–water partition coefficient (Wildman–Crippen LogP) is 6.04. The monoisotopic (exact) mass is 477 g/mol. The first-order chi connectivity index (χ1) is 13.4. The maximum atomic E-state index is 12.9. The summed E-state index contributed by atoms with van der Waals surface area (Å²) >= 11 is 10.1. The zero-order chi connectivity index (χ0) is 20.3. The van der Waals surface area contributed by atoms with Gasteiger partial charge in [0.2, 0.25) is 0 Å². The average molecular weight is 478 g/mol. The number of nitrogens with zero attached hydrogens (tertiary/aromatic N) is 1. The number of halogens is 1. The van der Waals surface area contributed by atoms with Crippen molar-refractivity contribution in [1.82, 2.24) is 0 Å². The number of carbonyl (C=O) groups excluding carboxylic acids is 1. The Balaban J connectivity index is 1.86. The molecule has 0 radical (unpaired) electrons. The number of hydrogen-bond donors (Lipinski definition) is 0. The van der Waals surface area contributed by atoms with Gasteiger partial charge in [0.1, 0.15) is 0 Å². The summed E-state index contributed by atoms with van der Waals surface area (Å²) in [7, 11) is 1.61. The highest BCUT2D eigenvalue weighted by atomic mass is 79.9. The molecule has 7 heteroatoms. The number of hydrogen-bond acceptors (Lipinski definition) is 5. The molecule has 2 aromatic rings. The Morgan fingerprint density at radius 2 is 1.93 bits per heavy atom. The van der Waals surface area contributed by atoms with Crippen molar-refractivity contribution in [1.29, 1.82) is 0 Å². The molecule has 0 aliphatic carbocycles. The number of thioether (sulfide) groups is 1. The van der Waals surface area contributed by atoms with Crippen molar-refractivity contribution in [2.75, 3.05) is 12.0 Å². The van der Waals surface area contributed by atoms with Crippen molar-refractivity contribution in [3.63, 3.8) is 0 Å². The summed E-state index contributed by atoms with van der Waals surface area (Å²) in [6, 6.07) is 13.1. The Bertz CT molecular complexity index is 928. The molecule has 0 saturated carbocycles. The number of anilines is 1. The minimum absolute atomic E-state index is 0.0990. The molecule has 0 N–H and O–H groups in total. The Labute approximate surface area is 183 Å². The summed E-state index contributed by atoms with van der Waals surface area (Å²) in [4.78, 5) is 15.0. The van der Waals surface area contributed by atoms with Crippen LogP contribution in [0.4, 0.5) is 5.69 Å². The molecule has 1 fully saturated rings. The molecular weight excluding hydrogens is 458 g/mol. The first kappa shape index (κ1) is 20.9. The molecule has 2 aromatic carbocycles. The van der Waals surface area contributed by atoms with Crippen LogP contribution in [0.2, 0.25) is 0 Å². The number of thiocarbonyl (C=S) groups is 1. The summed E-state index contributed by atoms with van der Waals surface area (Å²) in [6.45, 7) is 4.08. The smallest absolute Gasteiger partial charge is 0.270 e. The molecule has 146 valence electrons.